The smallest absolute Gasteiger partial charge is 0.231 e. The highest BCUT2D eigenvalue weighted by atomic mass is 16.4. The summed E-state index contributed by atoms with van der Waals surface area (Å²) in [6, 6.07) is 14.1. The molecule has 1 N–H and O–H groups in total. The van der Waals surface area contributed by atoms with Crippen LogP contribution in [-0.2, 0) is 4.79 Å². The molecular formula is C18H18NO3-. The highest BCUT2D eigenvalue weighted by Gasteiger charge is 2.19. The second-order valence-corrected chi connectivity index (χ2v) is 5.18. The molecule has 0 radical (unpaired) electrons. The van der Waals surface area contributed by atoms with Crippen molar-refractivity contribution in [2.24, 2.45) is 0 Å². The van der Waals surface area contributed by atoms with E-state index in [1.807, 2.05) is 44.2 Å². The summed E-state index contributed by atoms with van der Waals surface area (Å²) in [6.07, 6.45) is 0.662. The normalized spacial score (nSPS) is 11.7. The molecule has 0 fully saturated rings. The van der Waals surface area contributed by atoms with Gasteiger partial charge in [0.25, 0.3) is 0 Å². The molecule has 114 valence electrons. The lowest BCUT2D eigenvalue weighted by Gasteiger charge is -2.17. The van der Waals surface area contributed by atoms with Crippen LogP contribution in [0, 0.1) is 6.92 Å². The van der Waals surface area contributed by atoms with E-state index in [1.165, 1.54) is 12.1 Å². The van der Waals surface area contributed by atoms with E-state index in [-0.39, 0.29) is 17.4 Å². The Bertz CT molecular complexity index is 680. The summed E-state index contributed by atoms with van der Waals surface area (Å²) >= 11 is 0. The van der Waals surface area contributed by atoms with Crippen molar-refractivity contribution >= 4 is 17.6 Å². The highest BCUT2D eigenvalue weighted by molar-refractivity contribution is 5.97. The van der Waals surface area contributed by atoms with E-state index in [0.717, 1.165) is 11.1 Å². The Balaban J connectivity index is 2.24. The van der Waals surface area contributed by atoms with E-state index in [2.05, 4.69) is 5.32 Å². The van der Waals surface area contributed by atoms with E-state index in [1.54, 1.807) is 6.07 Å². The van der Waals surface area contributed by atoms with Crippen LogP contribution in [0.3, 0.4) is 0 Å². The third kappa shape index (κ3) is 3.52. The number of benzene rings is 2. The van der Waals surface area contributed by atoms with Crippen LogP contribution in [-0.4, -0.2) is 11.9 Å². The number of carboxylic acid groups (broad SMARTS) is 1. The number of amides is 1. The van der Waals surface area contributed by atoms with Crippen LogP contribution in [0.4, 0.5) is 5.69 Å². The quantitative estimate of drug-likeness (QED) is 0.921. The summed E-state index contributed by atoms with van der Waals surface area (Å²) in [4.78, 5) is 23.4. The van der Waals surface area contributed by atoms with Gasteiger partial charge in [0.2, 0.25) is 5.91 Å². The molecule has 2 rings (SSSR count). The number of anilines is 1. The van der Waals surface area contributed by atoms with Crippen molar-refractivity contribution in [1.29, 1.82) is 0 Å². The Morgan fingerprint density at radius 3 is 2.41 bits per heavy atom. The van der Waals surface area contributed by atoms with Crippen LogP contribution in [0.5, 0.6) is 0 Å². The number of aromatic carboxylic acids is 1. The van der Waals surface area contributed by atoms with Crippen LogP contribution in [0.15, 0.2) is 48.5 Å². The zero-order chi connectivity index (χ0) is 16.1. The van der Waals surface area contributed by atoms with Crippen LogP contribution in [0.25, 0.3) is 0 Å². The zero-order valence-corrected chi connectivity index (χ0v) is 12.6. The van der Waals surface area contributed by atoms with Gasteiger partial charge in [0.15, 0.2) is 0 Å². The second kappa shape index (κ2) is 6.89. The fraction of sp³-hybridized carbons (Fsp3) is 0.222. The van der Waals surface area contributed by atoms with Gasteiger partial charge >= 0.3 is 0 Å². The Kier molecular flexibility index (Phi) is 4.94. The minimum Gasteiger partial charge on any atom is -0.545 e. The van der Waals surface area contributed by atoms with Gasteiger partial charge < -0.3 is 15.2 Å². The van der Waals surface area contributed by atoms with E-state index in [0.29, 0.717) is 12.1 Å². The summed E-state index contributed by atoms with van der Waals surface area (Å²) in [7, 11) is 0. The molecule has 0 aliphatic carbocycles. The minimum absolute atomic E-state index is 0.0497. The molecule has 0 aromatic heterocycles. The number of nitrogens with one attached hydrogen (secondary N) is 1. The van der Waals surface area contributed by atoms with Crippen molar-refractivity contribution in [2.75, 3.05) is 5.32 Å². The molecule has 0 unspecified atom stereocenters. The molecule has 0 aliphatic rings. The fourth-order valence-corrected chi connectivity index (χ4v) is 2.36. The lowest BCUT2D eigenvalue weighted by molar-refractivity contribution is -0.255. The Labute approximate surface area is 129 Å². The van der Waals surface area contributed by atoms with E-state index < -0.39 is 5.97 Å². The third-order valence-electron chi connectivity index (χ3n) is 3.66. The van der Waals surface area contributed by atoms with Crippen molar-refractivity contribution in [3.05, 3.63) is 65.2 Å². The van der Waals surface area contributed by atoms with Crippen molar-refractivity contribution in [2.45, 2.75) is 26.2 Å². The summed E-state index contributed by atoms with van der Waals surface area (Å²) in [5, 5.41) is 13.8. The van der Waals surface area contributed by atoms with E-state index in [4.69, 9.17) is 0 Å². The predicted molar refractivity (Wildman–Crippen MR) is 83.6 cm³/mol. The van der Waals surface area contributed by atoms with Gasteiger partial charge in [-0.05, 0) is 36.1 Å². The molecule has 4 heteroatoms. The summed E-state index contributed by atoms with van der Waals surface area (Å²) in [5.74, 6) is -1.68. The van der Waals surface area contributed by atoms with Crippen LogP contribution in [0.2, 0.25) is 0 Å². The first-order chi connectivity index (χ1) is 10.5. The molecule has 2 aromatic carbocycles. The molecule has 0 saturated carbocycles. The SMILES string of the molecule is CC[C@H](C(=O)Nc1cc(C(=O)[O-])ccc1C)c1ccccc1. The first kappa shape index (κ1) is 15.8. The standard InChI is InChI=1S/C18H19NO3/c1-3-15(13-7-5-4-6-8-13)17(20)19-16-11-14(18(21)22)10-9-12(16)2/h4-11,15H,3H2,1-2H3,(H,19,20)(H,21,22)/p-1/t15-/m0/s1. The van der Waals surface area contributed by atoms with Crippen molar-refractivity contribution < 1.29 is 14.7 Å². The Morgan fingerprint density at radius 1 is 1.14 bits per heavy atom. The highest BCUT2D eigenvalue weighted by Crippen LogP contribution is 2.23. The van der Waals surface area contributed by atoms with Crippen molar-refractivity contribution in [3.8, 4) is 0 Å². The number of carboxylic acids is 1. The Morgan fingerprint density at radius 2 is 1.82 bits per heavy atom. The first-order valence-electron chi connectivity index (χ1n) is 7.20. The number of carbonyl (C=O) groups is 2. The van der Waals surface area contributed by atoms with Crippen molar-refractivity contribution in [1.82, 2.24) is 0 Å². The fourth-order valence-electron chi connectivity index (χ4n) is 2.36. The van der Waals surface area contributed by atoms with Gasteiger partial charge in [-0.2, -0.15) is 0 Å². The number of hydrogen-bond donors (Lipinski definition) is 1. The molecule has 0 aliphatic heterocycles. The summed E-state index contributed by atoms with van der Waals surface area (Å²) in [5.41, 5.74) is 2.30. The van der Waals surface area contributed by atoms with Gasteiger partial charge in [0.05, 0.1) is 11.9 Å². The van der Waals surface area contributed by atoms with Gasteiger partial charge in [-0.25, -0.2) is 0 Å². The monoisotopic (exact) mass is 296 g/mol. The van der Waals surface area contributed by atoms with Crippen LogP contribution in [0.1, 0.15) is 40.7 Å². The molecule has 0 saturated heterocycles. The average Bonchev–Trinajstić information content (AvgIpc) is 2.51. The maximum Gasteiger partial charge on any atom is 0.231 e. The van der Waals surface area contributed by atoms with Gasteiger partial charge in [-0.3, -0.25) is 4.79 Å². The van der Waals surface area contributed by atoms with Gasteiger partial charge in [0, 0.05) is 5.69 Å². The summed E-state index contributed by atoms with van der Waals surface area (Å²) < 4.78 is 0. The van der Waals surface area contributed by atoms with Gasteiger partial charge in [-0.1, -0.05) is 49.4 Å². The molecule has 0 bridgehead atoms. The van der Waals surface area contributed by atoms with Crippen LogP contribution < -0.4 is 10.4 Å². The zero-order valence-electron chi connectivity index (χ0n) is 12.6. The first-order valence-corrected chi connectivity index (χ1v) is 7.20. The second-order valence-electron chi connectivity index (χ2n) is 5.18. The lowest BCUT2D eigenvalue weighted by atomic mass is 9.95. The van der Waals surface area contributed by atoms with Crippen LogP contribution >= 0.6 is 0 Å². The largest absolute Gasteiger partial charge is 0.545 e. The molecular weight excluding hydrogens is 278 g/mol. The van der Waals surface area contributed by atoms with Crippen molar-refractivity contribution in [3.63, 3.8) is 0 Å². The van der Waals surface area contributed by atoms with Gasteiger partial charge in [-0.15, -0.1) is 0 Å². The Hall–Kier alpha value is -2.62. The predicted octanol–water partition coefficient (Wildman–Crippen LogP) is 2.49. The lowest BCUT2D eigenvalue weighted by Crippen LogP contribution is -2.24. The molecule has 1 atom stereocenters. The summed E-state index contributed by atoms with van der Waals surface area (Å²) in [6.45, 7) is 3.76. The molecule has 22 heavy (non-hydrogen) atoms. The third-order valence-corrected chi connectivity index (χ3v) is 3.66. The molecule has 1 amide bonds. The molecule has 0 heterocycles. The molecule has 2 aromatic rings. The van der Waals surface area contributed by atoms with E-state index in [9.17, 15) is 14.7 Å². The molecule has 0 spiro atoms. The maximum absolute atomic E-state index is 12.5. The topological polar surface area (TPSA) is 69.2 Å². The van der Waals surface area contributed by atoms with Gasteiger partial charge in [0.1, 0.15) is 0 Å². The van der Waals surface area contributed by atoms with E-state index >= 15 is 0 Å². The number of aryl methyl sites for hydroxylation is 1. The number of carbonyl (C=O) groups excluding carboxylic acids is 2. The minimum atomic E-state index is -1.26. The maximum atomic E-state index is 12.5. The number of hydrogen-bond acceptors (Lipinski definition) is 3. The molecule has 4 nitrogen and oxygen atoms in total. The number of rotatable bonds is 5. The average molecular weight is 296 g/mol.